The first-order chi connectivity index (χ1) is 9.40. The summed E-state index contributed by atoms with van der Waals surface area (Å²) in [6, 6.07) is 3.08. The van der Waals surface area contributed by atoms with Gasteiger partial charge in [0.1, 0.15) is 5.69 Å². The van der Waals surface area contributed by atoms with Crippen molar-refractivity contribution in [2.45, 2.75) is 39.2 Å². The van der Waals surface area contributed by atoms with Crippen molar-refractivity contribution in [1.82, 2.24) is 10.3 Å². The van der Waals surface area contributed by atoms with E-state index in [9.17, 15) is 9.59 Å². The van der Waals surface area contributed by atoms with Crippen molar-refractivity contribution < 1.29 is 14.7 Å². The predicted octanol–water partition coefficient (Wildman–Crippen LogP) is 2.74. The number of hydrogen-bond donors (Lipinski definition) is 2. The number of pyridine rings is 1. The molecule has 2 atom stereocenters. The van der Waals surface area contributed by atoms with Gasteiger partial charge in [0.05, 0.1) is 5.92 Å². The lowest BCUT2D eigenvalue weighted by atomic mass is 10.0. The van der Waals surface area contributed by atoms with E-state index in [4.69, 9.17) is 16.7 Å². The van der Waals surface area contributed by atoms with E-state index < -0.39 is 5.97 Å². The minimum absolute atomic E-state index is 0.0377. The van der Waals surface area contributed by atoms with Crippen LogP contribution in [0.3, 0.4) is 0 Å². The second-order valence-corrected chi connectivity index (χ2v) is 5.34. The number of hydrogen-bond acceptors (Lipinski definition) is 3. The van der Waals surface area contributed by atoms with Crippen LogP contribution in [0, 0.1) is 5.92 Å². The van der Waals surface area contributed by atoms with Crippen LogP contribution >= 0.6 is 11.6 Å². The fourth-order valence-corrected chi connectivity index (χ4v) is 1.91. The van der Waals surface area contributed by atoms with Gasteiger partial charge in [-0.3, -0.25) is 14.6 Å². The second-order valence-electron chi connectivity index (χ2n) is 4.90. The number of aromatic nitrogens is 1. The predicted molar refractivity (Wildman–Crippen MR) is 76.8 cm³/mol. The van der Waals surface area contributed by atoms with Crippen LogP contribution < -0.4 is 5.32 Å². The molecule has 0 spiro atoms. The Morgan fingerprint density at radius 2 is 2.10 bits per heavy atom. The van der Waals surface area contributed by atoms with Gasteiger partial charge in [-0.1, -0.05) is 24.9 Å². The van der Waals surface area contributed by atoms with Gasteiger partial charge in [-0.25, -0.2) is 0 Å². The molecule has 110 valence electrons. The molecule has 6 heteroatoms. The van der Waals surface area contributed by atoms with Gasteiger partial charge in [0.15, 0.2) is 0 Å². The zero-order valence-electron chi connectivity index (χ0n) is 11.6. The van der Waals surface area contributed by atoms with Crippen LogP contribution in [-0.2, 0) is 4.79 Å². The second kappa shape index (κ2) is 7.85. The summed E-state index contributed by atoms with van der Waals surface area (Å²) in [5.41, 5.74) is 0.281. The quantitative estimate of drug-likeness (QED) is 0.811. The summed E-state index contributed by atoms with van der Waals surface area (Å²) in [5.74, 6) is -1.41. The molecule has 1 amide bonds. The molecule has 0 fully saturated rings. The molecule has 0 saturated carbocycles. The Balaban J connectivity index is 2.37. The minimum atomic E-state index is -0.787. The molecule has 0 saturated heterocycles. The summed E-state index contributed by atoms with van der Waals surface area (Å²) < 4.78 is 0. The van der Waals surface area contributed by atoms with Crippen molar-refractivity contribution >= 4 is 23.5 Å². The molecule has 5 nitrogen and oxygen atoms in total. The molecule has 2 unspecified atom stereocenters. The maximum absolute atomic E-state index is 11.9. The number of carboxylic acid groups (broad SMARTS) is 1. The highest BCUT2D eigenvalue weighted by molar-refractivity contribution is 6.30. The van der Waals surface area contributed by atoms with Gasteiger partial charge in [-0.05, 0) is 31.9 Å². The van der Waals surface area contributed by atoms with Crippen LogP contribution in [0.1, 0.15) is 43.6 Å². The van der Waals surface area contributed by atoms with E-state index in [0.29, 0.717) is 11.4 Å². The summed E-state index contributed by atoms with van der Waals surface area (Å²) in [7, 11) is 0. The molecule has 1 heterocycles. The molecule has 1 rings (SSSR count). The van der Waals surface area contributed by atoms with Crippen molar-refractivity contribution in [3.05, 3.63) is 29.0 Å². The van der Waals surface area contributed by atoms with Gasteiger partial charge in [0.25, 0.3) is 5.91 Å². The largest absolute Gasteiger partial charge is 0.481 e. The average molecular weight is 299 g/mol. The van der Waals surface area contributed by atoms with Gasteiger partial charge in [0.2, 0.25) is 0 Å². The van der Waals surface area contributed by atoms with Crippen LogP contribution in [-0.4, -0.2) is 28.0 Å². The SMILES string of the molecule is CC(CCCC(C)C(=O)O)NC(=O)c1cc(Cl)ccn1. The topological polar surface area (TPSA) is 79.3 Å². The molecular weight excluding hydrogens is 280 g/mol. The normalized spacial score (nSPS) is 13.6. The number of nitrogens with zero attached hydrogens (tertiary/aromatic N) is 1. The Bertz CT molecular complexity index is 479. The number of nitrogens with one attached hydrogen (secondary N) is 1. The van der Waals surface area contributed by atoms with E-state index in [1.165, 1.54) is 12.3 Å². The van der Waals surface area contributed by atoms with Gasteiger partial charge < -0.3 is 10.4 Å². The minimum Gasteiger partial charge on any atom is -0.481 e. The first kappa shape index (κ1) is 16.4. The fraction of sp³-hybridized carbons (Fsp3) is 0.500. The average Bonchev–Trinajstić information content (AvgIpc) is 2.38. The van der Waals surface area contributed by atoms with Gasteiger partial charge in [-0.2, -0.15) is 0 Å². The van der Waals surface area contributed by atoms with E-state index >= 15 is 0 Å². The van der Waals surface area contributed by atoms with Crippen molar-refractivity contribution in [3.8, 4) is 0 Å². The van der Waals surface area contributed by atoms with E-state index in [1.807, 2.05) is 6.92 Å². The lowest BCUT2D eigenvalue weighted by Gasteiger charge is -2.14. The molecule has 0 bridgehead atoms. The summed E-state index contributed by atoms with van der Waals surface area (Å²) in [5, 5.41) is 12.1. The van der Waals surface area contributed by atoms with E-state index in [0.717, 1.165) is 12.8 Å². The summed E-state index contributed by atoms with van der Waals surface area (Å²) in [6.07, 6.45) is 3.56. The highest BCUT2D eigenvalue weighted by Gasteiger charge is 2.13. The first-order valence-corrected chi connectivity index (χ1v) is 6.93. The standard InChI is InChI=1S/C14H19ClN2O3/c1-9(14(19)20)4-3-5-10(2)17-13(18)12-8-11(15)6-7-16-12/h6-10H,3-5H2,1-2H3,(H,17,18)(H,19,20). The Labute approximate surface area is 123 Å². The fourth-order valence-electron chi connectivity index (χ4n) is 1.75. The molecule has 0 aliphatic rings. The van der Waals surface area contributed by atoms with E-state index in [2.05, 4.69) is 10.3 Å². The van der Waals surface area contributed by atoms with Crippen LogP contribution in [0.4, 0.5) is 0 Å². The third-order valence-corrected chi connectivity index (χ3v) is 3.26. The van der Waals surface area contributed by atoms with Crippen molar-refractivity contribution in [1.29, 1.82) is 0 Å². The Morgan fingerprint density at radius 1 is 1.40 bits per heavy atom. The number of carboxylic acids is 1. The zero-order chi connectivity index (χ0) is 15.1. The highest BCUT2D eigenvalue weighted by Crippen LogP contribution is 2.11. The summed E-state index contributed by atoms with van der Waals surface area (Å²) in [6.45, 7) is 3.56. The Morgan fingerprint density at radius 3 is 2.70 bits per heavy atom. The number of rotatable bonds is 7. The van der Waals surface area contributed by atoms with Gasteiger partial charge in [-0.15, -0.1) is 0 Å². The molecule has 2 N–H and O–H groups in total. The van der Waals surface area contributed by atoms with E-state index in [1.54, 1.807) is 13.0 Å². The molecule has 0 radical (unpaired) electrons. The van der Waals surface area contributed by atoms with E-state index in [-0.39, 0.29) is 23.6 Å². The maximum Gasteiger partial charge on any atom is 0.306 e. The molecule has 0 aliphatic carbocycles. The molecule has 1 aromatic heterocycles. The van der Waals surface area contributed by atoms with Crippen molar-refractivity contribution in [2.75, 3.05) is 0 Å². The lowest BCUT2D eigenvalue weighted by Crippen LogP contribution is -2.33. The zero-order valence-corrected chi connectivity index (χ0v) is 12.4. The summed E-state index contributed by atoms with van der Waals surface area (Å²) >= 11 is 5.80. The number of aliphatic carboxylic acids is 1. The molecule has 0 aromatic carbocycles. The lowest BCUT2D eigenvalue weighted by molar-refractivity contribution is -0.141. The van der Waals surface area contributed by atoms with Crippen molar-refractivity contribution in [3.63, 3.8) is 0 Å². The third-order valence-electron chi connectivity index (χ3n) is 3.03. The smallest absolute Gasteiger partial charge is 0.306 e. The molecule has 1 aromatic rings. The monoisotopic (exact) mass is 298 g/mol. The highest BCUT2D eigenvalue weighted by atomic mass is 35.5. The number of amides is 1. The first-order valence-electron chi connectivity index (χ1n) is 6.55. The Kier molecular flexibility index (Phi) is 6.45. The van der Waals surface area contributed by atoms with Gasteiger partial charge in [0, 0.05) is 17.3 Å². The molecule has 0 aliphatic heterocycles. The van der Waals surface area contributed by atoms with Crippen molar-refractivity contribution in [2.24, 2.45) is 5.92 Å². The van der Waals surface area contributed by atoms with Crippen LogP contribution in [0.5, 0.6) is 0 Å². The molecular formula is C14H19ClN2O3. The number of halogens is 1. The van der Waals surface area contributed by atoms with Gasteiger partial charge >= 0.3 is 5.97 Å². The summed E-state index contributed by atoms with van der Waals surface area (Å²) in [4.78, 5) is 26.5. The van der Waals surface area contributed by atoms with Crippen LogP contribution in [0.15, 0.2) is 18.3 Å². The Hall–Kier alpha value is -1.62. The molecule has 20 heavy (non-hydrogen) atoms. The maximum atomic E-state index is 11.9. The number of carbonyl (C=O) groups is 2. The van der Waals surface area contributed by atoms with Crippen LogP contribution in [0.25, 0.3) is 0 Å². The number of carbonyl (C=O) groups excluding carboxylic acids is 1. The van der Waals surface area contributed by atoms with Crippen LogP contribution in [0.2, 0.25) is 5.02 Å². The third kappa shape index (κ3) is 5.57.